The van der Waals surface area contributed by atoms with Crippen LogP contribution in [0.4, 0.5) is 4.39 Å². The minimum Gasteiger partial charge on any atom is -0.387 e. The minimum absolute atomic E-state index is 0.0821. The molecule has 4 rings (SSSR count). The molecule has 1 aromatic carbocycles. The van der Waals surface area contributed by atoms with E-state index in [1.807, 2.05) is 4.98 Å². The molecule has 2 N–H and O–H groups in total. The molecule has 0 bridgehead atoms. The lowest BCUT2D eigenvalue weighted by Crippen LogP contribution is -2.43. The largest absolute Gasteiger partial charge is 0.475 e. The lowest BCUT2D eigenvalue weighted by molar-refractivity contribution is -0.0654. The van der Waals surface area contributed by atoms with Gasteiger partial charge >= 0.3 is 13.5 Å². The van der Waals surface area contributed by atoms with Gasteiger partial charge in [0.1, 0.15) is 12.2 Å². The number of aromatic amines is 1. The van der Waals surface area contributed by atoms with Gasteiger partial charge in [0.05, 0.1) is 19.3 Å². The van der Waals surface area contributed by atoms with Gasteiger partial charge in [-0.3, -0.25) is 27.9 Å². The Hall–Kier alpha value is -1.85. The summed E-state index contributed by atoms with van der Waals surface area (Å²) < 4.78 is 50.5. The van der Waals surface area contributed by atoms with Crippen molar-refractivity contribution in [1.82, 2.24) is 9.55 Å². The summed E-state index contributed by atoms with van der Waals surface area (Å²) >= 11 is 6.00. The molecule has 0 amide bonds. The summed E-state index contributed by atoms with van der Waals surface area (Å²) in [5.41, 5.74) is -3.29. The third-order valence-electron chi connectivity index (χ3n) is 5.32. The molecular formula is C19H21ClFN2O8P. The van der Waals surface area contributed by atoms with Gasteiger partial charge in [-0.15, -0.1) is 0 Å². The molecule has 3 heterocycles. The number of hydrogen-bond donors (Lipinski definition) is 2. The van der Waals surface area contributed by atoms with E-state index in [0.717, 1.165) is 23.8 Å². The van der Waals surface area contributed by atoms with Crippen LogP contribution in [0.5, 0.6) is 0 Å². The van der Waals surface area contributed by atoms with E-state index in [4.69, 9.17) is 29.9 Å². The standard InChI is InChI=1S/C19H21ClFN2O8P/c1-19(21)16(25)14(30-17(19)23-7-5-15(24)22-18(23)26)10-29-32(27)28-8-6-13(31-32)11-3-2-4-12(20)9-11/h2-5,7,9,13-14,16-17,25H,6,8,10H2,1H3,(H,22,24,26)/t13-,14-,16-,17-,19-,32+/m1/s1. The van der Waals surface area contributed by atoms with Crippen LogP contribution in [0, 0.1) is 0 Å². The topological polar surface area (TPSA) is 129 Å². The summed E-state index contributed by atoms with van der Waals surface area (Å²) in [4.78, 5) is 25.3. The van der Waals surface area contributed by atoms with E-state index in [9.17, 15) is 19.3 Å². The number of alkyl halides is 1. The van der Waals surface area contributed by atoms with Gasteiger partial charge in [0.25, 0.3) is 5.56 Å². The second kappa shape index (κ2) is 8.83. The highest BCUT2D eigenvalue weighted by Crippen LogP contribution is 2.57. The number of nitrogens with zero attached hydrogens (tertiary/aromatic N) is 1. The van der Waals surface area contributed by atoms with Crippen molar-refractivity contribution in [3.8, 4) is 0 Å². The zero-order valence-corrected chi connectivity index (χ0v) is 18.5. The maximum Gasteiger partial charge on any atom is 0.475 e. The maximum atomic E-state index is 15.2. The van der Waals surface area contributed by atoms with Gasteiger partial charge in [-0.05, 0) is 24.6 Å². The van der Waals surface area contributed by atoms with Crippen molar-refractivity contribution >= 4 is 19.4 Å². The van der Waals surface area contributed by atoms with E-state index in [0.29, 0.717) is 17.0 Å². The molecule has 2 saturated heterocycles. The Kier molecular flexibility index (Phi) is 6.43. The summed E-state index contributed by atoms with van der Waals surface area (Å²) in [6.45, 7) is 0.596. The predicted octanol–water partition coefficient (Wildman–Crippen LogP) is 2.48. The molecule has 0 unspecified atom stereocenters. The summed E-state index contributed by atoms with van der Waals surface area (Å²) in [6.07, 6.45) is -3.70. The van der Waals surface area contributed by atoms with Crippen molar-refractivity contribution in [2.75, 3.05) is 13.2 Å². The molecule has 2 fully saturated rings. The molecule has 174 valence electrons. The number of H-pyrrole nitrogens is 1. The van der Waals surface area contributed by atoms with E-state index < -0.39 is 55.9 Å². The fraction of sp³-hybridized carbons (Fsp3) is 0.474. The van der Waals surface area contributed by atoms with Gasteiger partial charge in [0.2, 0.25) is 0 Å². The molecule has 6 atom stereocenters. The summed E-state index contributed by atoms with van der Waals surface area (Å²) in [5.74, 6) is 0. The van der Waals surface area contributed by atoms with Crippen LogP contribution in [-0.4, -0.2) is 45.7 Å². The van der Waals surface area contributed by atoms with Gasteiger partial charge in [-0.25, -0.2) is 13.8 Å². The zero-order valence-electron chi connectivity index (χ0n) is 16.9. The van der Waals surface area contributed by atoms with E-state index in [2.05, 4.69) is 0 Å². The van der Waals surface area contributed by atoms with Crippen LogP contribution < -0.4 is 11.2 Å². The van der Waals surface area contributed by atoms with Crippen LogP contribution >= 0.6 is 19.4 Å². The highest BCUT2D eigenvalue weighted by atomic mass is 35.5. The highest BCUT2D eigenvalue weighted by Gasteiger charge is 2.56. The maximum absolute atomic E-state index is 15.2. The number of aliphatic hydroxyl groups excluding tert-OH is 1. The molecule has 0 saturated carbocycles. The van der Waals surface area contributed by atoms with E-state index >= 15 is 4.39 Å². The van der Waals surface area contributed by atoms with Crippen molar-refractivity contribution in [3.63, 3.8) is 0 Å². The lowest BCUT2D eigenvalue weighted by Gasteiger charge is -2.30. The normalized spacial score (nSPS) is 35.1. The number of hydrogen-bond acceptors (Lipinski definition) is 8. The average molecular weight is 491 g/mol. The smallest absolute Gasteiger partial charge is 0.387 e. The first-order valence-corrected chi connectivity index (χ1v) is 11.6. The molecule has 10 nitrogen and oxygen atoms in total. The Morgan fingerprint density at radius 3 is 2.91 bits per heavy atom. The minimum atomic E-state index is -4.05. The SMILES string of the molecule is C[C@@]1(F)[C@H](O)[C@@H](CO[P@]2(=O)OCC[C@H](c3cccc(Cl)c3)O2)O[C@H]1n1ccc(=O)[nH]c1=O. The second-order valence-electron chi connectivity index (χ2n) is 7.65. The molecule has 2 aromatic rings. The number of phosphoric acid groups is 1. The molecule has 2 aliphatic heterocycles. The number of halogens is 2. The average Bonchev–Trinajstić information content (AvgIpc) is 2.96. The molecular weight excluding hydrogens is 470 g/mol. The molecule has 32 heavy (non-hydrogen) atoms. The van der Waals surface area contributed by atoms with Gasteiger partial charge in [-0.1, -0.05) is 23.7 Å². The Labute approximate surface area is 186 Å². The Balaban J connectivity index is 1.46. The first-order chi connectivity index (χ1) is 15.1. The summed E-state index contributed by atoms with van der Waals surface area (Å²) in [5, 5.41) is 10.9. The van der Waals surface area contributed by atoms with Crippen LogP contribution in [0.3, 0.4) is 0 Å². The van der Waals surface area contributed by atoms with Crippen molar-refractivity contribution in [2.24, 2.45) is 0 Å². The quantitative estimate of drug-likeness (QED) is 0.612. The van der Waals surface area contributed by atoms with Crippen molar-refractivity contribution in [1.29, 1.82) is 0 Å². The van der Waals surface area contributed by atoms with E-state index in [-0.39, 0.29) is 6.61 Å². The number of phosphoric ester groups is 1. The van der Waals surface area contributed by atoms with Crippen LogP contribution in [0.1, 0.15) is 31.2 Å². The predicted molar refractivity (Wildman–Crippen MR) is 110 cm³/mol. The van der Waals surface area contributed by atoms with Crippen molar-refractivity contribution in [3.05, 3.63) is 68.0 Å². The van der Waals surface area contributed by atoms with Crippen LogP contribution in [-0.2, 0) is 22.9 Å². The number of aliphatic hydroxyl groups is 1. The fourth-order valence-electron chi connectivity index (χ4n) is 3.64. The first-order valence-electron chi connectivity index (χ1n) is 9.76. The lowest BCUT2D eigenvalue weighted by atomic mass is 9.98. The van der Waals surface area contributed by atoms with E-state index in [1.54, 1.807) is 24.3 Å². The second-order valence-corrected chi connectivity index (χ2v) is 9.71. The molecule has 0 aliphatic carbocycles. The van der Waals surface area contributed by atoms with Gasteiger partial charge in [0.15, 0.2) is 11.9 Å². The Morgan fingerprint density at radius 2 is 2.19 bits per heavy atom. The van der Waals surface area contributed by atoms with Crippen LogP contribution in [0.2, 0.25) is 5.02 Å². The first kappa shape index (κ1) is 23.3. The van der Waals surface area contributed by atoms with Gasteiger partial charge in [0, 0.05) is 23.7 Å². The molecule has 1 aromatic heterocycles. The van der Waals surface area contributed by atoms with Crippen molar-refractivity contribution < 1.29 is 32.4 Å². The van der Waals surface area contributed by atoms with Gasteiger partial charge < -0.3 is 9.84 Å². The molecule has 2 aliphatic rings. The Morgan fingerprint density at radius 1 is 1.41 bits per heavy atom. The van der Waals surface area contributed by atoms with Gasteiger partial charge in [-0.2, -0.15) is 0 Å². The monoisotopic (exact) mass is 490 g/mol. The number of aromatic nitrogens is 2. The third kappa shape index (κ3) is 4.60. The zero-order chi connectivity index (χ0) is 23.1. The summed E-state index contributed by atoms with van der Waals surface area (Å²) in [7, 11) is -4.05. The molecule has 0 radical (unpaired) electrons. The van der Waals surface area contributed by atoms with Crippen molar-refractivity contribution in [2.45, 2.75) is 43.6 Å². The fourth-order valence-corrected chi connectivity index (χ4v) is 5.23. The molecule has 13 heteroatoms. The molecule has 0 spiro atoms. The number of ether oxygens (including phenoxy) is 1. The van der Waals surface area contributed by atoms with Crippen LogP contribution in [0.15, 0.2) is 46.1 Å². The number of nitrogens with one attached hydrogen (secondary N) is 1. The summed E-state index contributed by atoms with van der Waals surface area (Å²) in [6, 6.07) is 7.88. The third-order valence-corrected chi connectivity index (χ3v) is 7.04. The van der Waals surface area contributed by atoms with Crippen LogP contribution in [0.25, 0.3) is 0 Å². The Bertz CT molecular complexity index is 1150. The highest BCUT2D eigenvalue weighted by molar-refractivity contribution is 7.48. The van der Waals surface area contributed by atoms with E-state index in [1.165, 1.54) is 0 Å². The number of rotatable bonds is 5. The number of benzene rings is 1.